The van der Waals surface area contributed by atoms with Crippen LogP contribution < -0.4 is 11.3 Å². The smallest absolute Gasteiger partial charge is 0.326 e. The highest BCUT2D eigenvalue weighted by atomic mass is 16.2. The zero-order valence-electron chi connectivity index (χ0n) is 8.10. The van der Waals surface area contributed by atoms with E-state index in [4.69, 9.17) is 5.84 Å². The van der Waals surface area contributed by atoms with Gasteiger partial charge in [-0.05, 0) is 18.1 Å². The predicted molar refractivity (Wildman–Crippen MR) is 53.3 cm³/mol. The van der Waals surface area contributed by atoms with E-state index >= 15 is 0 Å². The Morgan fingerprint density at radius 3 is 3.07 bits per heavy atom. The van der Waals surface area contributed by atoms with E-state index in [2.05, 4.69) is 10.4 Å². The van der Waals surface area contributed by atoms with Crippen molar-refractivity contribution in [3.8, 4) is 0 Å². The van der Waals surface area contributed by atoms with E-state index in [-0.39, 0.29) is 6.03 Å². The van der Waals surface area contributed by atoms with Crippen LogP contribution in [0.4, 0.5) is 4.79 Å². The minimum atomic E-state index is -0.283. The van der Waals surface area contributed by atoms with Crippen LogP contribution in [0.3, 0.4) is 0 Å². The van der Waals surface area contributed by atoms with Gasteiger partial charge in [-0.1, -0.05) is 6.07 Å². The van der Waals surface area contributed by atoms with Crippen LogP contribution in [0.15, 0.2) is 24.5 Å². The highest BCUT2D eigenvalue weighted by Crippen LogP contribution is 1.98. The molecule has 2 amide bonds. The number of nitrogens with zero attached hydrogens (tertiary/aromatic N) is 2. The van der Waals surface area contributed by atoms with E-state index in [9.17, 15) is 4.79 Å². The topological polar surface area (TPSA) is 71.2 Å². The molecule has 0 aliphatic heterocycles. The molecule has 0 fully saturated rings. The second-order valence-electron chi connectivity index (χ2n) is 2.98. The van der Waals surface area contributed by atoms with Gasteiger partial charge in [0.15, 0.2) is 0 Å². The van der Waals surface area contributed by atoms with E-state index in [0.717, 1.165) is 12.0 Å². The van der Waals surface area contributed by atoms with Crippen molar-refractivity contribution in [2.24, 2.45) is 5.84 Å². The molecule has 0 bridgehead atoms. The highest BCUT2D eigenvalue weighted by molar-refractivity contribution is 5.73. The molecule has 0 aliphatic rings. The van der Waals surface area contributed by atoms with Gasteiger partial charge in [0.05, 0.1) is 0 Å². The maximum Gasteiger partial charge on any atom is 0.331 e. The number of hydrazine groups is 1. The van der Waals surface area contributed by atoms with Gasteiger partial charge in [0.2, 0.25) is 0 Å². The molecule has 76 valence electrons. The summed E-state index contributed by atoms with van der Waals surface area (Å²) in [5, 5.41) is 0. The molecule has 0 atom stereocenters. The Morgan fingerprint density at radius 1 is 1.71 bits per heavy atom. The summed E-state index contributed by atoms with van der Waals surface area (Å²) >= 11 is 0. The molecule has 14 heavy (non-hydrogen) atoms. The van der Waals surface area contributed by atoms with Crippen LogP contribution in [0.5, 0.6) is 0 Å². The number of nitrogens with two attached hydrogens (primary N) is 1. The summed E-state index contributed by atoms with van der Waals surface area (Å²) in [7, 11) is 1.69. The van der Waals surface area contributed by atoms with Crippen molar-refractivity contribution in [3.63, 3.8) is 0 Å². The maximum atomic E-state index is 11.0. The van der Waals surface area contributed by atoms with E-state index in [1.807, 2.05) is 12.1 Å². The van der Waals surface area contributed by atoms with E-state index < -0.39 is 0 Å². The fourth-order valence-electron chi connectivity index (χ4n) is 1.05. The van der Waals surface area contributed by atoms with Crippen LogP contribution in [-0.4, -0.2) is 29.5 Å². The largest absolute Gasteiger partial charge is 0.331 e. The van der Waals surface area contributed by atoms with E-state index in [1.165, 1.54) is 4.90 Å². The molecule has 0 aliphatic carbocycles. The van der Waals surface area contributed by atoms with Gasteiger partial charge in [-0.15, -0.1) is 0 Å². The molecule has 1 heterocycles. The van der Waals surface area contributed by atoms with Gasteiger partial charge in [0.25, 0.3) is 0 Å². The van der Waals surface area contributed by atoms with E-state index in [0.29, 0.717) is 6.54 Å². The Hall–Kier alpha value is -1.62. The van der Waals surface area contributed by atoms with Gasteiger partial charge in [-0.2, -0.15) is 0 Å². The number of nitrogens with one attached hydrogen (secondary N) is 1. The predicted octanol–water partition coefficient (Wildman–Crippen LogP) is 0.139. The van der Waals surface area contributed by atoms with Gasteiger partial charge >= 0.3 is 6.03 Å². The van der Waals surface area contributed by atoms with Crippen LogP contribution in [0.2, 0.25) is 0 Å². The molecule has 1 aromatic heterocycles. The summed E-state index contributed by atoms with van der Waals surface area (Å²) in [6.07, 6.45) is 4.28. The van der Waals surface area contributed by atoms with Crippen molar-refractivity contribution in [3.05, 3.63) is 30.1 Å². The lowest BCUT2D eigenvalue weighted by Gasteiger charge is -2.15. The van der Waals surface area contributed by atoms with Crippen molar-refractivity contribution in [2.75, 3.05) is 13.6 Å². The number of amides is 2. The molecule has 0 aromatic carbocycles. The second kappa shape index (κ2) is 5.18. The molecule has 3 N–H and O–H groups in total. The third-order valence-electron chi connectivity index (χ3n) is 1.93. The van der Waals surface area contributed by atoms with Gasteiger partial charge < -0.3 is 4.90 Å². The first-order valence-corrected chi connectivity index (χ1v) is 4.34. The Morgan fingerprint density at radius 2 is 2.50 bits per heavy atom. The lowest BCUT2D eigenvalue weighted by molar-refractivity contribution is 0.209. The zero-order valence-corrected chi connectivity index (χ0v) is 8.10. The van der Waals surface area contributed by atoms with Crippen molar-refractivity contribution in [1.29, 1.82) is 0 Å². The van der Waals surface area contributed by atoms with Gasteiger partial charge in [-0.3, -0.25) is 10.4 Å². The fourth-order valence-corrected chi connectivity index (χ4v) is 1.05. The number of likely N-dealkylation sites (N-methyl/N-ethyl adjacent to an activating group) is 1. The zero-order chi connectivity index (χ0) is 10.4. The SMILES string of the molecule is CN(CCc1cccnc1)C(=O)NN. The number of carbonyl (C=O) groups is 1. The Kier molecular flexibility index (Phi) is 3.87. The number of hydrogen-bond acceptors (Lipinski definition) is 3. The minimum absolute atomic E-state index is 0.283. The van der Waals surface area contributed by atoms with Crippen molar-refractivity contribution < 1.29 is 4.79 Å². The molecule has 1 aromatic rings. The molecular weight excluding hydrogens is 180 g/mol. The first kappa shape index (κ1) is 10.5. The van der Waals surface area contributed by atoms with Gasteiger partial charge in [-0.25, -0.2) is 10.6 Å². The number of carbonyl (C=O) groups excluding carboxylic acids is 1. The lowest BCUT2D eigenvalue weighted by Crippen LogP contribution is -2.41. The lowest BCUT2D eigenvalue weighted by atomic mass is 10.2. The number of hydrogen-bond donors (Lipinski definition) is 2. The Labute approximate surface area is 82.9 Å². The molecular formula is C9H14N4O. The summed E-state index contributed by atoms with van der Waals surface area (Å²) in [4.78, 5) is 16.5. The first-order chi connectivity index (χ1) is 6.74. The normalized spacial score (nSPS) is 9.57. The van der Waals surface area contributed by atoms with Crippen LogP contribution in [0.25, 0.3) is 0 Å². The third-order valence-corrected chi connectivity index (χ3v) is 1.93. The van der Waals surface area contributed by atoms with Gasteiger partial charge in [0.1, 0.15) is 0 Å². The van der Waals surface area contributed by atoms with Crippen LogP contribution in [0.1, 0.15) is 5.56 Å². The number of aromatic nitrogens is 1. The average molecular weight is 194 g/mol. The van der Waals surface area contributed by atoms with E-state index in [1.54, 1.807) is 19.4 Å². The summed E-state index contributed by atoms with van der Waals surface area (Å²) in [5.41, 5.74) is 3.17. The fraction of sp³-hybridized carbons (Fsp3) is 0.333. The number of pyridine rings is 1. The third kappa shape index (κ3) is 3.02. The van der Waals surface area contributed by atoms with Crippen molar-refractivity contribution >= 4 is 6.03 Å². The minimum Gasteiger partial charge on any atom is -0.326 e. The average Bonchev–Trinajstić information content (AvgIpc) is 2.26. The molecule has 0 saturated carbocycles. The molecule has 1 rings (SSSR count). The molecule has 0 saturated heterocycles. The summed E-state index contributed by atoms with van der Waals surface area (Å²) < 4.78 is 0. The van der Waals surface area contributed by atoms with Crippen LogP contribution in [0, 0.1) is 0 Å². The summed E-state index contributed by atoms with van der Waals surface area (Å²) in [6, 6.07) is 3.56. The van der Waals surface area contributed by atoms with Crippen LogP contribution >= 0.6 is 0 Å². The molecule has 5 nitrogen and oxygen atoms in total. The maximum absolute atomic E-state index is 11.0. The summed E-state index contributed by atoms with van der Waals surface area (Å²) in [6.45, 7) is 0.620. The first-order valence-electron chi connectivity index (χ1n) is 4.34. The second-order valence-corrected chi connectivity index (χ2v) is 2.98. The molecule has 5 heteroatoms. The van der Waals surface area contributed by atoms with Gasteiger partial charge in [0, 0.05) is 26.0 Å². The number of rotatable bonds is 3. The monoisotopic (exact) mass is 194 g/mol. The quantitative estimate of drug-likeness (QED) is 0.408. The highest BCUT2D eigenvalue weighted by Gasteiger charge is 2.05. The Bertz CT molecular complexity index is 288. The van der Waals surface area contributed by atoms with Crippen molar-refractivity contribution in [1.82, 2.24) is 15.3 Å². The molecule has 0 unspecified atom stereocenters. The van der Waals surface area contributed by atoms with Crippen LogP contribution in [-0.2, 0) is 6.42 Å². The molecule has 0 spiro atoms. The Balaban J connectivity index is 2.38. The summed E-state index contributed by atoms with van der Waals surface area (Å²) in [5.74, 6) is 4.99. The standard InChI is InChI=1S/C9H14N4O/c1-13(9(14)12-10)6-4-8-3-2-5-11-7-8/h2-3,5,7H,4,6,10H2,1H3,(H,12,14). The van der Waals surface area contributed by atoms with Crippen molar-refractivity contribution in [2.45, 2.75) is 6.42 Å². The number of urea groups is 1. The molecule has 0 radical (unpaired) electrons.